The van der Waals surface area contributed by atoms with E-state index < -0.39 is 10.0 Å². The Hall–Kier alpha value is -3.81. The van der Waals surface area contributed by atoms with Gasteiger partial charge in [-0.1, -0.05) is 35.9 Å². The van der Waals surface area contributed by atoms with Crippen molar-refractivity contribution in [2.24, 2.45) is 0 Å². The van der Waals surface area contributed by atoms with Gasteiger partial charge in [0.25, 0.3) is 10.0 Å². The molecule has 0 spiro atoms. The lowest BCUT2D eigenvalue weighted by Crippen LogP contribution is -2.27. The number of likely N-dealkylation sites (N-methyl/N-ethyl adjacent to an activating group) is 1. The van der Waals surface area contributed by atoms with Crippen molar-refractivity contribution in [1.82, 2.24) is 18.8 Å². The van der Waals surface area contributed by atoms with Crippen LogP contribution in [-0.2, 0) is 23.0 Å². The second-order valence-electron chi connectivity index (χ2n) is 10.3. The quantitative estimate of drug-likeness (QED) is 0.303. The number of rotatable bonds is 4. The van der Waals surface area contributed by atoms with Gasteiger partial charge >= 0.3 is 0 Å². The molecule has 6 nitrogen and oxygen atoms in total. The maximum absolute atomic E-state index is 13.7. The second-order valence-corrected chi connectivity index (χ2v) is 12.1. The van der Waals surface area contributed by atoms with E-state index in [1.165, 1.54) is 20.7 Å². The van der Waals surface area contributed by atoms with Crippen molar-refractivity contribution in [3.8, 4) is 22.4 Å². The number of hydrogen-bond donors (Lipinski definition) is 0. The van der Waals surface area contributed by atoms with Gasteiger partial charge in [-0.25, -0.2) is 22.4 Å². The molecule has 7 heteroatoms. The SMILES string of the molecule is Cc1[c]ccc(-c2cn(S(=O)(=O)c3ccc(C)cc3)c3ncc(-c4cc(C)c5c(c4)CN(C)CC5)nc23)c1. The van der Waals surface area contributed by atoms with Gasteiger partial charge < -0.3 is 4.90 Å². The van der Waals surface area contributed by atoms with Crippen molar-refractivity contribution in [1.29, 1.82) is 0 Å². The summed E-state index contributed by atoms with van der Waals surface area (Å²) in [7, 11) is -1.74. The summed E-state index contributed by atoms with van der Waals surface area (Å²) >= 11 is 0. The highest BCUT2D eigenvalue weighted by Gasteiger charge is 2.25. The van der Waals surface area contributed by atoms with Gasteiger partial charge in [0.2, 0.25) is 0 Å². The molecule has 1 aliphatic heterocycles. The highest BCUT2D eigenvalue weighted by Crippen LogP contribution is 2.34. The van der Waals surface area contributed by atoms with Crippen molar-refractivity contribution in [3.63, 3.8) is 0 Å². The summed E-state index contributed by atoms with van der Waals surface area (Å²) in [6.45, 7) is 8.01. The van der Waals surface area contributed by atoms with Crippen molar-refractivity contribution in [2.75, 3.05) is 13.6 Å². The van der Waals surface area contributed by atoms with Gasteiger partial charge in [-0.3, -0.25) is 0 Å². The number of aromatic nitrogens is 3. The zero-order valence-electron chi connectivity index (χ0n) is 22.0. The van der Waals surface area contributed by atoms with Crippen molar-refractivity contribution >= 4 is 21.2 Å². The van der Waals surface area contributed by atoms with E-state index in [1.807, 2.05) is 32.0 Å². The molecular formula is C31H29N4O2S. The fraction of sp³-hybridized carbons (Fsp3) is 0.226. The smallest absolute Gasteiger partial charge is 0.269 e. The van der Waals surface area contributed by atoms with Gasteiger partial charge in [-0.05, 0) is 92.4 Å². The molecule has 2 aromatic heterocycles. The molecule has 3 heterocycles. The minimum absolute atomic E-state index is 0.212. The molecule has 38 heavy (non-hydrogen) atoms. The molecule has 0 bridgehead atoms. The Morgan fingerprint density at radius 3 is 2.53 bits per heavy atom. The van der Waals surface area contributed by atoms with Crippen LogP contribution in [-0.4, -0.2) is 40.9 Å². The Kier molecular flexibility index (Phi) is 5.93. The first-order chi connectivity index (χ1) is 18.2. The van der Waals surface area contributed by atoms with E-state index >= 15 is 0 Å². The van der Waals surface area contributed by atoms with Gasteiger partial charge in [-0.15, -0.1) is 0 Å². The van der Waals surface area contributed by atoms with E-state index in [4.69, 9.17) is 9.97 Å². The third-order valence-electron chi connectivity index (χ3n) is 7.34. The highest BCUT2D eigenvalue weighted by atomic mass is 32.2. The Labute approximate surface area is 223 Å². The Bertz CT molecular complexity index is 1800. The predicted molar refractivity (Wildman–Crippen MR) is 151 cm³/mol. The number of aryl methyl sites for hydroxylation is 3. The van der Waals surface area contributed by atoms with E-state index in [-0.39, 0.29) is 4.90 Å². The van der Waals surface area contributed by atoms with E-state index in [2.05, 4.69) is 37.1 Å². The van der Waals surface area contributed by atoms with Crippen LogP contribution < -0.4 is 0 Å². The first-order valence-corrected chi connectivity index (χ1v) is 14.1. The lowest BCUT2D eigenvalue weighted by Gasteiger charge is -2.27. The zero-order valence-corrected chi connectivity index (χ0v) is 22.8. The molecule has 0 saturated carbocycles. The molecule has 5 aromatic rings. The Morgan fingerprint density at radius 1 is 0.974 bits per heavy atom. The summed E-state index contributed by atoms with van der Waals surface area (Å²) in [4.78, 5) is 12.3. The number of hydrogen-bond acceptors (Lipinski definition) is 5. The van der Waals surface area contributed by atoms with Crippen molar-refractivity contribution in [3.05, 3.63) is 101 Å². The van der Waals surface area contributed by atoms with Crippen LogP contribution in [0.15, 0.2) is 71.9 Å². The normalized spacial score (nSPS) is 14.1. The van der Waals surface area contributed by atoms with Crippen LogP contribution in [0.5, 0.6) is 0 Å². The first kappa shape index (κ1) is 24.5. The van der Waals surface area contributed by atoms with Crippen LogP contribution in [0.3, 0.4) is 0 Å². The number of fused-ring (bicyclic) bond motifs is 2. The van der Waals surface area contributed by atoms with Crippen molar-refractivity contribution < 1.29 is 8.42 Å². The van der Waals surface area contributed by atoms with Crippen LogP contribution in [0.25, 0.3) is 33.5 Å². The van der Waals surface area contributed by atoms with E-state index in [9.17, 15) is 8.42 Å². The fourth-order valence-corrected chi connectivity index (χ4v) is 6.60. The standard InChI is InChI=1S/C31H29N4O2S/c1-20-8-10-26(11-9-20)38(36,37)35-19-28(23-7-5-6-21(2)14-23)30-31(35)32-17-29(33-30)24-15-22(3)27-12-13-34(4)18-25(27)16-24/h5,7-11,14-17,19H,12-13,18H2,1-4H3. The predicted octanol–water partition coefficient (Wildman–Crippen LogP) is 5.72. The molecule has 1 radical (unpaired) electrons. The topological polar surface area (TPSA) is 68.1 Å². The minimum atomic E-state index is -3.88. The molecule has 0 N–H and O–H groups in total. The molecule has 0 atom stereocenters. The Morgan fingerprint density at radius 2 is 1.76 bits per heavy atom. The summed E-state index contributed by atoms with van der Waals surface area (Å²) in [5, 5.41) is 0. The van der Waals surface area contributed by atoms with E-state index in [0.29, 0.717) is 11.2 Å². The van der Waals surface area contributed by atoms with Gasteiger partial charge in [0, 0.05) is 30.4 Å². The fourth-order valence-electron chi connectivity index (χ4n) is 5.28. The third kappa shape index (κ3) is 4.22. The minimum Gasteiger partial charge on any atom is -0.302 e. The van der Waals surface area contributed by atoms with Crippen LogP contribution in [0.1, 0.15) is 27.8 Å². The summed E-state index contributed by atoms with van der Waals surface area (Å²) in [6.07, 6.45) is 4.37. The Balaban J connectivity index is 1.57. The molecule has 6 rings (SSSR count). The van der Waals surface area contributed by atoms with E-state index in [1.54, 1.807) is 36.7 Å². The maximum Gasteiger partial charge on any atom is 0.269 e. The zero-order chi connectivity index (χ0) is 26.6. The largest absolute Gasteiger partial charge is 0.302 e. The van der Waals surface area contributed by atoms with Crippen LogP contribution in [0.2, 0.25) is 0 Å². The van der Waals surface area contributed by atoms with Gasteiger partial charge in [0.15, 0.2) is 5.65 Å². The van der Waals surface area contributed by atoms with Crippen LogP contribution >= 0.6 is 0 Å². The number of nitrogens with zero attached hydrogens (tertiary/aromatic N) is 4. The molecular weight excluding hydrogens is 492 g/mol. The molecule has 0 saturated heterocycles. The third-order valence-corrected chi connectivity index (χ3v) is 9.01. The van der Waals surface area contributed by atoms with Crippen LogP contribution in [0, 0.1) is 26.8 Å². The summed E-state index contributed by atoms with van der Waals surface area (Å²) < 4.78 is 28.8. The summed E-state index contributed by atoms with van der Waals surface area (Å²) in [5.74, 6) is 0. The van der Waals surface area contributed by atoms with E-state index in [0.717, 1.165) is 53.0 Å². The molecule has 3 aromatic carbocycles. The molecule has 191 valence electrons. The maximum atomic E-state index is 13.7. The second kappa shape index (κ2) is 9.19. The van der Waals surface area contributed by atoms with Crippen molar-refractivity contribution in [2.45, 2.75) is 38.6 Å². The monoisotopic (exact) mass is 521 g/mol. The lowest BCUT2D eigenvalue weighted by molar-refractivity contribution is 0.312. The van der Waals surface area contributed by atoms with Gasteiger partial charge in [-0.2, -0.15) is 0 Å². The molecule has 0 aliphatic carbocycles. The summed E-state index contributed by atoms with van der Waals surface area (Å²) in [5.41, 5.74) is 10.1. The number of benzene rings is 3. The molecule has 0 fully saturated rings. The average Bonchev–Trinajstić information content (AvgIpc) is 3.28. The highest BCUT2D eigenvalue weighted by molar-refractivity contribution is 7.90. The average molecular weight is 522 g/mol. The summed E-state index contributed by atoms with van der Waals surface area (Å²) in [6, 6.07) is 20.2. The van der Waals surface area contributed by atoms with Gasteiger partial charge in [0.05, 0.1) is 16.8 Å². The lowest BCUT2D eigenvalue weighted by atomic mass is 9.92. The first-order valence-electron chi connectivity index (χ1n) is 12.7. The van der Waals surface area contributed by atoms with Gasteiger partial charge in [0.1, 0.15) is 5.52 Å². The molecule has 1 aliphatic rings. The van der Waals surface area contributed by atoms with Crippen LogP contribution in [0.4, 0.5) is 0 Å². The molecule has 0 unspecified atom stereocenters. The molecule has 0 amide bonds.